The third-order valence-electron chi connectivity index (χ3n) is 4.79. The second-order valence-corrected chi connectivity index (χ2v) is 6.95. The predicted octanol–water partition coefficient (Wildman–Crippen LogP) is 0.243. The van der Waals surface area contributed by atoms with E-state index in [9.17, 15) is 4.79 Å². The second kappa shape index (κ2) is 8.60. The van der Waals surface area contributed by atoms with Crippen LogP contribution in [0.4, 0.5) is 0 Å². The van der Waals surface area contributed by atoms with Crippen LogP contribution in [0, 0.1) is 12.8 Å². The minimum Gasteiger partial charge on any atom is -0.375 e. The van der Waals surface area contributed by atoms with E-state index in [1.165, 1.54) is 5.69 Å². The Labute approximate surface area is 144 Å². The van der Waals surface area contributed by atoms with E-state index in [1.54, 1.807) is 7.11 Å². The zero-order valence-electron chi connectivity index (χ0n) is 15.6. The zero-order valence-corrected chi connectivity index (χ0v) is 15.6. The van der Waals surface area contributed by atoms with Gasteiger partial charge in [0.15, 0.2) is 0 Å². The SMILES string of the molecule is COCC(=O)NC[C@H]1CCN(Cc2cc(C)nn2C)C[C@H]1N(C)C. The van der Waals surface area contributed by atoms with Crippen LogP contribution in [-0.2, 0) is 23.1 Å². The first-order valence-electron chi connectivity index (χ1n) is 8.54. The van der Waals surface area contributed by atoms with Gasteiger partial charge in [-0.2, -0.15) is 5.10 Å². The maximum atomic E-state index is 11.6. The summed E-state index contributed by atoms with van der Waals surface area (Å²) in [5, 5.41) is 7.42. The van der Waals surface area contributed by atoms with E-state index < -0.39 is 0 Å². The summed E-state index contributed by atoms with van der Waals surface area (Å²) in [5.74, 6) is 0.424. The highest BCUT2D eigenvalue weighted by molar-refractivity contribution is 5.77. The molecule has 0 radical (unpaired) electrons. The van der Waals surface area contributed by atoms with Crippen molar-refractivity contribution < 1.29 is 9.53 Å². The van der Waals surface area contributed by atoms with Crippen LogP contribution in [-0.4, -0.2) is 79.0 Å². The van der Waals surface area contributed by atoms with Crippen LogP contribution in [0.15, 0.2) is 6.07 Å². The number of aryl methyl sites for hydroxylation is 2. The number of methoxy groups -OCH3 is 1. The normalized spacial score (nSPS) is 22.1. The third kappa shape index (κ3) is 5.03. The second-order valence-electron chi connectivity index (χ2n) is 6.95. The summed E-state index contributed by atoms with van der Waals surface area (Å²) in [4.78, 5) is 16.4. The topological polar surface area (TPSA) is 62.6 Å². The average Bonchev–Trinajstić information content (AvgIpc) is 2.83. The molecule has 136 valence electrons. The number of ether oxygens (including phenoxy) is 1. The zero-order chi connectivity index (χ0) is 17.7. The molecule has 1 saturated heterocycles. The van der Waals surface area contributed by atoms with Gasteiger partial charge in [-0.25, -0.2) is 0 Å². The first-order chi connectivity index (χ1) is 11.4. The standard InChI is InChI=1S/C17H31N5O2/c1-13-8-15(21(4)19-13)10-22-7-6-14(16(11-22)20(2)3)9-18-17(23)12-24-5/h8,14,16H,6-7,9-12H2,1-5H3,(H,18,23)/t14-,16-/m1/s1. The minimum absolute atomic E-state index is 0.0391. The monoisotopic (exact) mass is 337 g/mol. The molecule has 1 N–H and O–H groups in total. The van der Waals surface area contributed by atoms with Gasteiger partial charge in [-0.15, -0.1) is 0 Å². The van der Waals surface area contributed by atoms with Crippen LogP contribution in [0.3, 0.4) is 0 Å². The summed E-state index contributed by atoms with van der Waals surface area (Å²) >= 11 is 0. The van der Waals surface area contributed by atoms with Crippen molar-refractivity contribution in [2.75, 3.05) is 47.4 Å². The van der Waals surface area contributed by atoms with Crippen LogP contribution in [0.5, 0.6) is 0 Å². The highest BCUT2D eigenvalue weighted by Crippen LogP contribution is 2.22. The molecule has 1 aliphatic rings. The lowest BCUT2D eigenvalue weighted by atomic mass is 9.90. The van der Waals surface area contributed by atoms with E-state index in [2.05, 4.69) is 40.4 Å². The van der Waals surface area contributed by atoms with Crippen molar-refractivity contribution >= 4 is 5.91 Å². The Hall–Kier alpha value is -1.44. The largest absolute Gasteiger partial charge is 0.375 e. The summed E-state index contributed by atoms with van der Waals surface area (Å²) in [6, 6.07) is 2.58. The summed E-state index contributed by atoms with van der Waals surface area (Å²) < 4.78 is 6.84. The molecule has 1 aromatic heterocycles. The molecule has 0 aromatic carbocycles. The molecule has 1 aromatic rings. The van der Waals surface area contributed by atoms with E-state index in [0.29, 0.717) is 18.5 Å². The molecule has 0 bridgehead atoms. The molecular weight excluding hydrogens is 306 g/mol. The van der Waals surface area contributed by atoms with Crippen molar-refractivity contribution in [1.82, 2.24) is 24.9 Å². The molecule has 0 saturated carbocycles. The fraction of sp³-hybridized carbons (Fsp3) is 0.765. The molecule has 2 atom stereocenters. The molecule has 1 aliphatic heterocycles. The van der Waals surface area contributed by atoms with Crippen molar-refractivity contribution in [3.8, 4) is 0 Å². The summed E-state index contributed by atoms with van der Waals surface area (Å²) in [6.45, 7) is 5.84. The maximum Gasteiger partial charge on any atom is 0.245 e. The first-order valence-corrected chi connectivity index (χ1v) is 8.54. The minimum atomic E-state index is -0.0391. The van der Waals surface area contributed by atoms with E-state index in [1.807, 2.05) is 18.7 Å². The Morgan fingerprint density at radius 2 is 2.25 bits per heavy atom. The number of carbonyl (C=O) groups excluding carboxylic acids is 1. The van der Waals surface area contributed by atoms with Crippen molar-refractivity contribution in [3.05, 3.63) is 17.5 Å². The fourth-order valence-corrected chi connectivity index (χ4v) is 3.48. The number of hydrogen-bond donors (Lipinski definition) is 1. The van der Waals surface area contributed by atoms with Crippen LogP contribution < -0.4 is 5.32 Å². The van der Waals surface area contributed by atoms with E-state index >= 15 is 0 Å². The van der Waals surface area contributed by atoms with Crippen LogP contribution >= 0.6 is 0 Å². The van der Waals surface area contributed by atoms with E-state index in [4.69, 9.17) is 4.74 Å². The van der Waals surface area contributed by atoms with Crippen LogP contribution in [0.25, 0.3) is 0 Å². The Morgan fingerprint density at radius 1 is 1.50 bits per heavy atom. The summed E-state index contributed by atoms with van der Waals surface area (Å²) in [6.07, 6.45) is 1.08. The van der Waals surface area contributed by atoms with Crippen LogP contribution in [0.2, 0.25) is 0 Å². The first kappa shape index (κ1) is 18.9. The molecule has 7 nitrogen and oxygen atoms in total. The van der Waals surface area contributed by atoms with Gasteiger partial charge in [0.2, 0.25) is 5.91 Å². The smallest absolute Gasteiger partial charge is 0.245 e. The number of hydrogen-bond acceptors (Lipinski definition) is 5. The van der Waals surface area contributed by atoms with E-state index in [-0.39, 0.29) is 12.5 Å². The molecule has 0 aliphatic carbocycles. The number of rotatable bonds is 7. The molecule has 0 unspecified atom stereocenters. The van der Waals surface area contributed by atoms with Crippen LogP contribution in [0.1, 0.15) is 17.8 Å². The molecule has 2 heterocycles. The quantitative estimate of drug-likeness (QED) is 0.772. The Bertz CT molecular complexity index is 543. The lowest BCUT2D eigenvalue weighted by Crippen LogP contribution is -2.53. The lowest BCUT2D eigenvalue weighted by molar-refractivity contribution is -0.125. The summed E-state index contributed by atoms with van der Waals surface area (Å²) in [5.41, 5.74) is 2.31. The molecule has 1 fully saturated rings. The molecule has 2 rings (SSSR count). The molecule has 7 heteroatoms. The van der Waals surface area contributed by atoms with Gasteiger partial charge in [0.1, 0.15) is 6.61 Å². The van der Waals surface area contributed by atoms with Crippen molar-refractivity contribution in [2.24, 2.45) is 13.0 Å². The van der Waals surface area contributed by atoms with E-state index in [0.717, 1.165) is 31.7 Å². The van der Waals surface area contributed by atoms with Crippen molar-refractivity contribution in [2.45, 2.75) is 25.9 Å². The number of likely N-dealkylation sites (tertiary alicyclic amines) is 1. The molecule has 1 amide bonds. The number of carbonyl (C=O) groups is 1. The van der Waals surface area contributed by atoms with Crippen molar-refractivity contribution in [3.63, 3.8) is 0 Å². The number of likely N-dealkylation sites (N-methyl/N-ethyl adjacent to an activating group) is 1. The average molecular weight is 337 g/mol. The number of nitrogens with one attached hydrogen (secondary N) is 1. The molecule has 0 spiro atoms. The van der Waals surface area contributed by atoms with Gasteiger partial charge in [-0.3, -0.25) is 14.4 Å². The Balaban J connectivity index is 1.92. The predicted molar refractivity (Wildman–Crippen MR) is 93.7 cm³/mol. The Morgan fingerprint density at radius 3 is 2.83 bits per heavy atom. The number of amides is 1. The lowest BCUT2D eigenvalue weighted by Gasteiger charge is -2.41. The highest BCUT2D eigenvalue weighted by Gasteiger charge is 2.31. The van der Waals surface area contributed by atoms with Gasteiger partial charge in [0.25, 0.3) is 0 Å². The molecule has 24 heavy (non-hydrogen) atoms. The highest BCUT2D eigenvalue weighted by atomic mass is 16.5. The van der Waals surface area contributed by atoms with Gasteiger partial charge in [0, 0.05) is 39.8 Å². The summed E-state index contributed by atoms with van der Waals surface area (Å²) in [7, 11) is 7.78. The molecular formula is C17H31N5O2. The van der Waals surface area contributed by atoms with Gasteiger partial charge < -0.3 is 15.0 Å². The fourth-order valence-electron chi connectivity index (χ4n) is 3.48. The number of piperidine rings is 1. The maximum absolute atomic E-state index is 11.6. The van der Waals surface area contributed by atoms with Crippen molar-refractivity contribution in [1.29, 1.82) is 0 Å². The van der Waals surface area contributed by atoms with Gasteiger partial charge in [-0.1, -0.05) is 0 Å². The van der Waals surface area contributed by atoms with Gasteiger partial charge in [-0.05, 0) is 46.0 Å². The number of nitrogens with zero attached hydrogens (tertiary/aromatic N) is 4. The third-order valence-corrected chi connectivity index (χ3v) is 4.79. The Kier molecular flexibility index (Phi) is 6.77. The number of aromatic nitrogens is 2. The van der Waals surface area contributed by atoms with Gasteiger partial charge in [0.05, 0.1) is 11.4 Å². The van der Waals surface area contributed by atoms with Gasteiger partial charge >= 0.3 is 0 Å².